The van der Waals surface area contributed by atoms with Gasteiger partial charge in [0.05, 0.1) is 11.7 Å². The van der Waals surface area contributed by atoms with Gasteiger partial charge in [-0.05, 0) is 76.4 Å². The van der Waals surface area contributed by atoms with E-state index < -0.39 is 50.7 Å². The van der Waals surface area contributed by atoms with Gasteiger partial charge in [0.1, 0.15) is 11.4 Å². The van der Waals surface area contributed by atoms with Crippen molar-refractivity contribution >= 4 is 17.3 Å². The molecule has 0 aromatic carbocycles. The zero-order valence-corrected chi connectivity index (χ0v) is 22.9. The molecule has 198 valence electrons. The van der Waals surface area contributed by atoms with E-state index in [0.29, 0.717) is 12.8 Å². The molecule has 3 N–H and O–H groups in total. The Balaban J connectivity index is 1.80. The van der Waals surface area contributed by atoms with Crippen LogP contribution in [0.15, 0.2) is 36.0 Å². The molecule has 36 heavy (non-hydrogen) atoms. The van der Waals surface area contributed by atoms with Crippen LogP contribution in [-0.2, 0) is 14.4 Å². The molecule has 2 unspecified atom stereocenters. The Bertz CT molecular complexity index is 1100. The number of ketones is 3. The van der Waals surface area contributed by atoms with Crippen LogP contribution < -0.4 is 0 Å². The van der Waals surface area contributed by atoms with Gasteiger partial charge in [0, 0.05) is 29.1 Å². The number of Topliss-reactive ketones (excluding diaryl/α,β-unsaturated/α-hetero) is 1. The fraction of sp³-hybridized carbons (Fsp3) is 0.700. The van der Waals surface area contributed by atoms with Crippen LogP contribution in [0.2, 0.25) is 0 Å². The Morgan fingerprint density at radius 1 is 1.06 bits per heavy atom. The van der Waals surface area contributed by atoms with Crippen LogP contribution in [0.5, 0.6) is 0 Å². The highest BCUT2D eigenvalue weighted by atomic mass is 16.3. The molecule has 4 aliphatic rings. The van der Waals surface area contributed by atoms with Crippen molar-refractivity contribution in [3.8, 4) is 0 Å². The Morgan fingerprint density at radius 3 is 2.25 bits per heavy atom. The van der Waals surface area contributed by atoms with E-state index in [0.717, 1.165) is 5.57 Å². The summed E-state index contributed by atoms with van der Waals surface area (Å²) in [5, 5.41) is 33.0. The molecule has 0 aromatic heterocycles. The summed E-state index contributed by atoms with van der Waals surface area (Å²) < 4.78 is 0. The van der Waals surface area contributed by atoms with Gasteiger partial charge in [0.25, 0.3) is 0 Å². The third-order valence-corrected chi connectivity index (χ3v) is 10.7. The van der Waals surface area contributed by atoms with E-state index in [4.69, 9.17) is 0 Å². The zero-order valence-electron chi connectivity index (χ0n) is 22.9. The van der Waals surface area contributed by atoms with Gasteiger partial charge >= 0.3 is 0 Å². The van der Waals surface area contributed by atoms with Crippen LogP contribution in [-0.4, -0.2) is 50.0 Å². The van der Waals surface area contributed by atoms with E-state index in [9.17, 15) is 29.7 Å². The number of hydrogen-bond donors (Lipinski definition) is 3. The highest BCUT2D eigenvalue weighted by molar-refractivity contribution is 6.00. The molecular formula is C30H42O6. The predicted molar refractivity (Wildman–Crippen MR) is 137 cm³/mol. The van der Waals surface area contributed by atoms with Crippen molar-refractivity contribution in [1.29, 1.82) is 0 Å². The molecule has 0 spiro atoms. The van der Waals surface area contributed by atoms with E-state index in [1.54, 1.807) is 6.08 Å². The number of aliphatic hydroxyl groups is 3. The van der Waals surface area contributed by atoms with E-state index >= 15 is 0 Å². The van der Waals surface area contributed by atoms with Gasteiger partial charge in [-0.3, -0.25) is 14.4 Å². The number of allylic oxidation sites excluding steroid dienone is 4. The molecule has 0 saturated heterocycles. The number of carbonyl (C=O) groups excluding carboxylic acids is 3. The summed E-state index contributed by atoms with van der Waals surface area (Å²) in [7, 11) is 0. The SMILES string of the molecule is CC(C)(O)/C=C/C(=O)C(C)(O)[C@H]1[C@H](O)C[C@@]2(C)C3CC=C4[C@@H](C=CC(=O)C4(C)C)[C@]3(C)C(=O)C[C@]12C. The van der Waals surface area contributed by atoms with Crippen LogP contribution in [0.3, 0.4) is 0 Å². The first-order valence-corrected chi connectivity index (χ1v) is 13.1. The first-order chi connectivity index (χ1) is 16.2. The third-order valence-electron chi connectivity index (χ3n) is 10.7. The predicted octanol–water partition coefficient (Wildman–Crippen LogP) is 3.73. The lowest BCUT2D eigenvalue weighted by atomic mass is 9.39. The van der Waals surface area contributed by atoms with Crippen molar-refractivity contribution in [2.75, 3.05) is 0 Å². The second kappa shape index (κ2) is 7.81. The summed E-state index contributed by atoms with van der Waals surface area (Å²) in [6.45, 7) is 14.4. The largest absolute Gasteiger partial charge is 0.393 e. The summed E-state index contributed by atoms with van der Waals surface area (Å²) in [4.78, 5) is 40.0. The van der Waals surface area contributed by atoms with Gasteiger partial charge in [-0.25, -0.2) is 0 Å². The lowest BCUT2D eigenvalue weighted by Gasteiger charge is -2.63. The van der Waals surface area contributed by atoms with Crippen molar-refractivity contribution in [1.82, 2.24) is 0 Å². The minimum absolute atomic E-state index is 0.0383. The zero-order chi connectivity index (χ0) is 27.3. The second-order valence-electron chi connectivity index (χ2n) is 13.7. The van der Waals surface area contributed by atoms with Crippen LogP contribution in [0.25, 0.3) is 0 Å². The molecule has 8 atom stereocenters. The van der Waals surface area contributed by atoms with Gasteiger partial charge in [-0.1, -0.05) is 44.6 Å². The smallest absolute Gasteiger partial charge is 0.187 e. The van der Waals surface area contributed by atoms with Crippen molar-refractivity contribution in [3.63, 3.8) is 0 Å². The Morgan fingerprint density at radius 2 is 1.67 bits per heavy atom. The number of aliphatic hydroxyl groups excluding tert-OH is 1. The molecule has 0 aromatic rings. The first kappa shape index (κ1) is 27.2. The van der Waals surface area contributed by atoms with Crippen molar-refractivity contribution in [2.45, 2.75) is 92.0 Å². The van der Waals surface area contributed by atoms with E-state index in [1.165, 1.54) is 32.9 Å². The maximum Gasteiger partial charge on any atom is 0.187 e. The van der Waals surface area contributed by atoms with Crippen molar-refractivity contribution in [2.24, 2.45) is 39.4 Å². The maximum absolute atomic E-state index is 14.2. The van der Waals surface area contributed by atoms with E-state index in [-0.39, 0.29) is 29.8 Å². The highest BCUT2D eigenvalue weighted by Crippen LogP contribution is 2.73. The molecule has 4 rings (SSSR count). The molecule has 2 saturated carbocycles. The minimum Gasteiger partial charge on any atom is -0.393 e. The molecule has 0 heterocycles. The number of fused-ring (bicyclic) bond motifs is 5. The van der Waals surface area contributed by atoms with Crippen molar-refractivity contribution < 1.29 is 29.7 Å². The summed E-state index contributed by atoms with van der Waals surface area (Å²) in [6.07, 6.45) is 8.25. The molecule has 2 fully saturated rings. The monoisotopic (exact) mass is 498 g/mol. The third kappa shape index (κ3) is 3.44. The Kier molecular flexibility index (Phi) is 5.89. The molecular weight excluding hydrogens is 456 g/mol. The van der Waals surface area contributed by atoms with Gasteiger partial charge < -0.3 is 15.3 Å². The fourth-order valence-electron chi connectivity index (χ4n) is 8.47. The molecule has 4 aliphatic carbocycles. The average molecular weight is 499 g/mol. The van der Waals surface area contributed by atoms with Gasteiger partial charge in [0.15, 0.2) is 11.6 Å². The lowest BCUT2D eigenvalue weighted by Crippen LogP contribution is -2.64. The maximum atomic E-state index is 14.2. The minimum atomic E-state index is -1.92. The molecule has 0 radical (unpaired) electrons. The van der Waals surface area contributed by atoms with Gasteiger partial charge in [-0.2, -0.15) is 0 Å². The average Bonchev–Trinajstić information content (AvgIpc) is 2.94. The van der Waals surface area contributed by atoms with Crippen LogP contribution in [0.4, 0.5) is 0 Å². The standard InChI is InChI=1S/C30H42O6/c1-25(2,35)14-13-22(33)30(8,36)24-19(31)15-27(5)20-11-9-17-18(10-12-21(32)26(17,3)4)29(20,7)23(34)16-28(24,27)6/h9-10,12-14,18-20,24,31,35-36H,11,15-16H2,1-8H3/b14-13+/t18-,19-,20?,24+,27+,28-,29+,30?/m1/s1. The van der Waals surface area contributed by atoms with E-state index in [2.05, 4.69) is 13.0 Å². The van der Waals surface area contributed by atoms with Crippen LogP contribution in [0.1, 0.15) is 74.7 Å². The summed E-state index contributed by atoms with van der Waals surface area (Å²) in [5.74, 6) is -1.69. The van der Waals surface area contributed by atoms with Crippen LogP contribution in [0, 0.1) is 39.4 Å². The molecule has 0 amide bonds. The molecule has 0 aliphatic heterocycles. The molecule has 6 heteroatoms. The van der Waals surface area contributed by atoms with Gasteiger partial charge in [-0.15, -0.1) is 0 Å². The van der Waals surface area contributed by atoms with E-state index in [1.807, 2.05) is 33.8 Å². The fourth-order valence-corrected chi connectivity index (χ4v) is 8.47. The Labute approximate surface area is 214 Å². The normalized spacial score (nSPS) is 43.5. The lowest BCUT2D eigenvalue weighted by molar-refractivity contribution is -0.179. The van der Waals surface area contributed by atoms with Crippen molar-refractivity contribution in [3.05, 3.63) is 36.0 Å². The van der Waals surface area contributed by atoms with Gasteiger partial charge in [0.2, 0.25) is 0 Å². The molecule has 6 nitrogen and oxygen atoms in total. The summed E-state index contributed by atoms with van der Waals surface area (Å²) in [6, 6.07) is 0. The van der Waals surface area contributed by atoms with Crippen LogP contribution >= 0.6 is 0 Å². The summed E-state index contributed by atoms with van der Waals surface area (Å²) in [5.41, 5.74) is -4.94. The number of rotatable bonds is 4. The quantitative estimate of drug-likeness (QED) is 0.402. The second-order valence-corrected chi connectivity index (χ2v) is 13.7. The first-order valence-electron chi connectivity index (χ1n) is 13.1. The number of hydrogen-bond acceptors (Lipinski definition) is 6. The number of carbonyl (C=O) groups is 3. The topological polar surface area (TPSA) is 112 Å². The highest BCUT2D eigenvalue weighted by Gasteiger charge is 2.74. The summed E-state index contributed by atoms with van der Waals surface area (Å²) >= 11 is 0. The Hall–Kier alpha value is -1.89. The molecule has 0 bridgehead atoms.